The SMILES string of the molecule is CCCN(CC1CCCO1)C(=O)c1cnc(N2CCCC2)nc1CC. The number of nitrogens with zero attached hydrogens (tertiary/aromatic N) is 4. The van der Waals surface area contributed by atoms with Gasteiger partial charge < -0.3 is 14.5 Å². The van der Waals surface area contributed by atoms with Gasteiger partial charge in [-0.05, 0) is 38.5 Å². The number of aryl methyl sites for hydroxylation is 1. The minimum Gasteiger partial charge on any atom is -0.376 e. The lowest BCUT2D eigenvalue weighted by atomic mass is 10.1. The van der Waals surface area contributed by atoms with Crippen LogP contribution >= 0.6 is 0 Å². The third kappa shape index (κ3) is 4.29. The lowest BCUT2D eigenvalue weighted by Gasteiger charge is -2.26. The number of aromatic nitrogens is 2. The molecule has 0 saturated carbocycles. The molecule has 0 radical (unpaired) electrons. The topological polar surface area (TPSA) is 58.6 Å². The van der Waals surface area contributed by atoms with Crippen LogP contribution in [0.1, 0.15) is 62.0 Å². The Hall–Kier alpha value is -1.69. The maximum atomic E-state index is 13.1. The van der Waals surface area contributed by atoms with E-state index >= 15 is 0 Å². The number of ether oxygens (including phenoxy) is 1. The molecule has 2 fully saturated rings. The number of hydrogen-bond acceptors (Lipinski definition) is 5. The summed E-state index contributed by atoms with van der Waals surface area (Å²) in [7, 11) is 0. The van der Waals surface area contributed by atoms with Crippen LogP contribution < -0.4 is 4.90 Å². The highest BCUT2D eigenvalue weighted by Gasteiger charge is 2.25. The van der Waals surface area contributed by atoms with Gasteiger partial charge in [-0.15, -0.1) is 0 Å². The van der Waals surface area contributed by atoms with E-state index in [1.807, 2.05) is 4.90 Å². The zero-order chi connectivity index (χ0) is 17.6. The smallest absolute Gasteiger partial charge is 0.257 e. The van der Waals surface area contributed by atoms with Crippen molar-refractivity contribution >= 4 is 11.9 Å². The van der Waals surface area contributed by atoms with Gasteiger partial charge in [-0.3, -0.25) is 4.79 Å². The summed E-state index contributed by atoms with van der Waals surface area (Å²) >= 11 is 0. The van der Waals surface area contributed by atoms with Gasteiger partial charge in [0.2, 0.25) is 5.95 Å². The van der Waals surface area contributed by atoms with Crippen molar-refractivity contribution in [3.8, 4) is 0 Å². The number of hydrogen-bond donors (Lipinski definition) is 0. The van der Waals surface area contributed by atoms with Crippen molar-refractivity contribution in [1.82, 2.24) is 14.9 Å². The second kappa shape index (κ2) is 8.61. The molecule has 6 nitrogen and oxygen atoms in total. The number of anilines is 1. The van der Waals surface area contributed by atoms with Crippen molar-refractivity contribution in [3.05, 3.63) is 17.5 Å². The molecule has 0 bridgehead atoms. The molecular weight excluding hydrogens is 316 g/mol. The van der Waals surface area contributed by atoms with Crippen LogP contribution in [0, 0.1) is 0 Å². The first kappa shape index (κ1) is 18.1. The fourth-order valence-corrected chi connectivity index (χ4v) is 3.67. The van der Waals surface area contributed by atoms with E-state index in [9.17, 15) is 4.79 Å². The first-order valence-electron chi connectivity index (χ1n) is 9.74. The first-order valence-corrected chi connectivity index (χ1v) is 9.74. The van der Waals surface area contributed by atoms with Gasteiger partial charge in [0.15, 0.2) is 0 Å². The summed E-state index contributed by atoms with van der Waals surface area (Å²) in [6.45, 7) is 8.40. The highest BCUT2D eigenvalue weighted by molar-refractivity contribution is 5.95. The van der Waals surface area contributed by atoms with Crippen LogP contribution in [0.2, 0.25) is 0 Å². The summed E-state index contributed by atoms with van der Waals surface area (Å²) in [5.41, 5.74) is 1.51. The van der Waals surface area contributed by atoms with Gasteiger partial charge in [-0.2, -0.15) is 0 Å². The van der Waals surface area contributed by atoms with Crippen molar-refractivity contribution in [2.24, 2.45) is 0 Å². The average Bonchev–Trinajstić information content (AvgIpc) is 3.34. The van der Waals surface area contributed by atoms with E-state index in [-0.39, 0.29) is 12.0 Å². The van der Waals surface area contributed by atoms with Crippen molar-refractivity contribution < 1.29 is 9.53 Å². The summed E-state index contributed by atoms with van der Waals surface area (Å²) in [5.74, 6) is 0.814. The summed E-state index contributed by atoms with van der Waals surface area (Å²) in [6.07, 6.45) is 8.10. The number of carbonyl (C=O) groups is 1. The van der Waals surface area contributed by atoms with Crippen LogP contribution in [0.4, 0.5) is 5.95 Å². The Morgan fingerprint density at radius 2 is 2.12 bits per heavy atom. The molecule has 25 heavy (non-hydrogen) atoms. The molecule has 138 valence electrons. The summed E-state index contributed by atoms with van der Waals surface area (Å²) < 4.78 is 5.73. The van der Waals surface area contributed by atoms with Crippen LogP contribution in [0.25, 0.3) is 0 Å². The van der Waals surface area contributed by atoms with E-state index < -0.39 is 0 Å². The fourth-order valence-electron chi connectivity index (χ4n) is 3.67. The average molecular weight is 346 g/mol. The molecular formula is C19H30N4O2. The van der Waals surface area contributed by atoms with Crippen LogP contribution in [0.15, 0.2) is 6.20 Å². The van der Waals surface area contributed by atoms with Crippen molar-refractivity contribution in [1.29, 1.82) is 0 Å². The van der Waals surface area contributed by atoms with Crippen LogP contribution in [-0.4, -0.2) is 59.7 Å². The maximum Gasteiger partial charge on any atom is 0.257 e. The van der Waals surface area contributed by atoms with Gasteiger partial charge in [0.25, 0.3) is 5.91 Å². The van der Waals surface area contributed by atoms with E-state index in [1.54, 1.807) is 6.20 Å². The van der Waals surface area contributed by atoms with Crippen LogP contribution in [0.3, 0.4) is 0 Å². The van der Waals surface area contributed by atoms with Gasteiger partial charge in [-0.25, -0.2) is 9.97 Å². The van der Waals surface area contributed by atoms with E-state index in [0.717, 1.165) is 63.6 Å². The van der Waals surface area contributed by atoms with E-state index in [1.165, 1.54) is 12.8 Å². The zero-order valence-electron chi connectivity index (χ0n) is 15.5. The molecule has 3 rings (SSSR count). The molecule has 0 N–H and O–H groups in total. The lowest BCUT2D eigenvalue weighted by Crippen LogP contribution is -2.38. The van der Waals surface area contributed by atoms with E-state index in [2.05, 4.69) is 23.7 Å². The van der Waals surface area contributed by atoms with Gasteiger partial charge in [0.05, 0.1) is 17.4 Å². The van der Waals surface area contributed by atoms with Crippen LogP contribution in [-0.2, 0) is 11.2 Å². The molecule has 1 amide bonds. The predicted molar refractivity (Wildman–Crippen MR) is 98.0 cm³/mol. The quantitative estimate of drug-likeness (QED) is 0.760. The fraction of sp³-hybridized carbons (Fsp3) is 0.737. The number of rotatable bonds is 7. The highest BCUT2D eigenvalue weighted by atomic mass is 16.5. The molecule has 0 aliphatic carbocycles. The molecule has 2 aliphatic heterocycles. The minimum atomic E-state index is 0.0437. The Labute approximate surface area is 150 Å². The normalized spacial score (nSPS) is 20.2. The molecule has 3 heterocycles. The third-order valence-electron chi connectivity index (χ3n) is 5.04. The Morgan fingerprint density at radius 1 is 1.32 bits per heavy atom. The molecule has 1 unspecified atom stereocenters. The maximum absolute atomic E-state index is 13.1. The Bertz CT molecular complexity index is 581. The van der Waals surface area contributed by atoms with Crippen molar-refractivity contribution in [2.45, 2.75) is 58.5 Å². The van der Waals surface area contributed by atoms with Gasteiger partial charge in [0.1, 0.15) is 0 Å². The molecule has 6 heteroatoms. The molecule has 2 saturated heterocycles. The Morgan fingerprint density at radius 3 is 2.76 bits per heavy atom. The van der Waals surface area contributed by atoms with Gasteiger partial charge in [0, 0.05) is 39.0 Å². The number of amides is 1. The standard InChI is InChI=1S/C19H30N4O2/c1-3-9-23(14-15-8-7-12-25-15)18(24)16-13-20-19(21-17(16)4-2)22-10-5-6-11-22/h13,15H,3-12,14H2,1-2H3. The zero-order valence-corrected chi connectivity index (χ0v) is 15.5. The lowest BCUT2D eigenvalue weighted by molar-refractivity contribution is 0.0524. The Kier molecular flexibility index (Phi) is 6.24. The number of carbonyl (C=O) groups excluding carboxylic acids is 1. The highest BCUT2D eigenvalue weighted by Crippen LogP contribution is 2.20. The Balaban J connectivity index is 1.77. The second-order valence-electron chi connectivity index (χ2n) is 6.96. The largest absolute Gasteiger partial charge is 0.376 e. The molecule has 1 aromatic rings. The second-order valence-corrected chi connectivity index (χ2v) is 6.96. The molecule has 2 aliphatic rings. The predicted octanol–water partition coefficient (Wildman–Crippen LogP) is 2.67. The summed E-state index contributed by atoms with van der Waals surface area (Å²) in [5, 5.41) is 0. The minimum absolute atomic E-state index is 0.0437. The molecule has 1 atom stereocenters. The van der Waals surface area contributed by atoms with Crippen LogP contribution in [0.5, 0.6) is 0 Å². The third-order valence-corrected chi connectivity index (χ3v) is 5.04. The monoisotopic (exact) mass is 346 g/mol. The summed E-state index contributed by atoms with van der Waals surface area (Å²) in [4.78, 5) is 26.4. The van der Waals surface area contributed by atoms with Crippen molar-refractivity contribution in [3.63, 3.8) is 0 Å². The first-order chi connectivity index (χ1) is 12.2. The van der Waals surface area contributed by atoms with Gasteiger partial charge in [-0.1, -0.05) is 13.8 Å². The molecule has 0 aromatic carbocycles. The van der Waals surface area contributed by atoms with E-state index in [0.29, 0.717) is 12.1 Å². The molecule has 0 spiro atoms. The van der Waals surface area contributed by atoms with Gasteiger partial charge >= 0.3 is 0 Å². The van der Waals surface area contributed by atoms with Crippen molar-refractivity contribution in [2.75, 3.05) is 37.7 Å². The summed E-state index contributed by atoms with van der Waals surface area (Å²) in [6, 6.07) is 0. The van der Waals surface area contributed by atoms with E-state index in [4.69, 9.17) is 9.72 Å². The molecule has 1 aromatic heterocycles.